The van der Waals surface area contributed by atoms with Gasteiger partial charge < -0.3 is 5.32 Å². The molecule has 0 aromatic heterocycles. The third-order valence-electron chi connectivity index (χ3n) is 3.64. The molecule has 106 valence electrons. The second kappa shape index (κ2) is 6.14. The van der Waals surface area contributed by atoms with E-state index in [0.29, 0.717) is 5.56 Å². The summed E-state index contributed by atoms with van der Waals surface area (Å²) in [6.45, 7) is 3.69. The summed E-state index contributed by atoms with van der Waals surface area (Å²) in [5, 5.41) is 3.04. The first-order valence-corrected chi connectivity index (χ1v) is 6.79. The van der Waals surface area contributed by atoms with E-state index in [1.54, 1.807) is 14.0 Å². The molecule has 0 heterocycles. The number of aryl methyl sites for hydroxylation is 2. The Labute approximate surface area is 118 Å². The van der Waals surface area contributed by atoms with Gasteiger partial charge in [0.1, 0.15) is 11.6 Å². The number of rotatable bonds is 4. The van der Waals surface area contributed by atoms with Crippen LogP contribution in [-0.4, -0.2) is 7.05 Å². The summed E-state index contributed by atoms with van der Waals surface area (Å²) in [4.78, 5) is 0. The zero-order chi connectivity index (χ0) is 14.7. The van der Waals surface area contributed by atoms with E-state index in [-0.39, 0.29) is 5.56 Å². The van der Waals surface area contributed by atoms with E-state index in [1.807, 2.05) is 31.2 Å². The van der Waals surface area contributed by atoms with E-state index < -0.39 is 17.7 Å². The Morgan fingerprint density at radius 1 is 1.10 bits per heavy atom. The summed E-state index contributed by atoms with van der Waals surface area (Å²) in [7, 11) is 1.72. The van der Waals surface area contributed by atoms with E-state index in [9.17, 15) is 8.78 Å². The van der Waals surface area contributed by atoms with Gasteiger partial charge in [-0.05, 0) is 43.1 Å². The SMILES string of the molecule is CCc1ccccc1C(NC)c1c(F)ccc(C)c1F. The van der Waals surface area contributed by atoms with Gasteiger partial charge in [-0.25, -0.2) is 8.78 Å². The summed E-state index contributed by atoms with van der Waals surface area (Å²) in [6.07, 6.45) is 0.823. The van der Waals surface area contributed by atoms with Crippen molar-refractivity contribution < 1.29 is 8.78 Å². The number of hydrogen-bond donors (Lipinski definition) is 1. The first-order chi connectivity index (χ1) is 9.60. The molecule has 0 aliphatic heterocycles. The van der Waals surface area contributed by atoms with Crippen LogP contribution in [-0.2, 0) is 6.42 Å². The van der Waals surface area contributed by atoms with Crippen molar-refractivity contribution in [3.05, 3.63) is 70.3 Å². The molecule has 2 aromatic rings. The minimum absolute atomic E-state index is 0.0911. The topological polar surface area (TPSA) is 12.0 Å². The Balaban J connectivity index is 2.62. The molecule has 0 amide bonds. The van der Waals surface area contributed by atoms with Gasteiger partial charge in [-0.15, -0.1) is 0 Å². The minimum Gasteiger partial charge on any atom is -0.309 e. The van der Waals surface area contributed by atoms with Crippen LogP contribution in [0.5, 0.6) is 0 Å². The molecule has 0 spiro atoms. The average Bonchev–Trinajstić information content (AvgIpc) is 2.47. The molecular weight excluding hydrogens is 256 g/mol. The maximum Gasteiger partial charge on any atom is 0.134 e. The number of benzene rings is 2. The quantitative estimate of drug-likeness (QED) is 0.884. The van der Waals surface area contributed by atoms with Gasteiger partial charge in [-0.2, -0.15) is 0 Å². The Morgan fingerprint density at radius 2 is 1.80 bits per heavy atom. The zero-order valence-corrected chi connectivity index (χ0v) is 12.0. The molecule has 0 radical (unpaired) electrons. The molecule has 3 heteroatoms. The molecule has 1 unspecified atom stereocenters. The van der Waals surface area contributed by atoms with Crippen molar-refractivity contribution in [1.82, 2.24) is 5.32 Å². The smallest absolute Gasteiger partial charge is 0.134 e. The van der Waals surface area contributed by atoms with E-state index >= 15 is 0 Å². The Bertz CT molecular complexity index is 608. The highest BCUT2D eigenvalue weighted by Gasteiger charge is 2.23. The highest BCUT2D eigenvalue weighted by atomic mass is 19.1. The van der Waals surface area contributed by atoms with Crippen LogP contribution in [0, 0.1) is 18.6 Å². The predicted molar refractivity (Wildman–Crippen MR) is 77.8 cm³/mol. The summed E-state index contributed by atoms with van der Waals surface area (Å²) < 4.78 is 28.4. The van der Waals surface area contributed by atoms with Gasteiger partial charge in [0.05, 0.1) is 6.04 Å². The fourth-order valence-electron chi connectivity index (χ4n) is 2.54. The normalized spacial score (nSPS) is 12.4. The second-order valence-electron chi connectivity index (χ2n) is 4.87. The first-order valence-electron chi connectivity index (χ1n) is 6.79. The maximum atomic E-state index is 14.3. The molecule has 20 heavy (non-hydrogen) atoms. The Morgan fingerprint density at radius 3 is 2.45 bits per heavy atom. The fraction of sp³-hybridized carbons (Fsp3) is 0.294. The third-order valence-corrected chi connectivity index (χ3v) is 3.64. The van der Waals surface area contributed by atoms with Crippen LogP contribution in [0.15, 0.2) is 36.4 Å². The van der Waals surface area contributed by atoms with Crippen LogP contribution < -0.4 is 5.32 Å². The lowest BCUT2D eigenvalue weighted by atomic mass is 9.92. The van der Waals surface area contributed by atoms with Crippen molar-refractivity contribution in [3.8, 4) is 0 Å². The van der Waals surface area contributed by atoms with Crippen LogP contribution in [0.1, 0.15) is 35.2 Å². The summed E-state index contributed by atoms with van der Waals surface area (Å²) in [5.74, 6) is -0.992. The van der Waals surface area contributed by atoms with Crippen LogP contribution in [0.25, 0.3) is 0 Å². The number of halogens is 2. The minimum atomic E-state index is -0.515. The van der Waals surface area contributed by atoms with Crippen molar-refractivity contribution in [2.45, 2.75) is 26.3 Å². The molecule has 0 aliphatic carbocycles. The van der Waals surface area contributed by atoms with Crippen molar-refractivity contribution in [1.29, 1.82) is 0 Å². The van der Waals surface area contributed by atoms with Gasteiger partial charge in [0.2, 0.25) is 0 Å². The Hall–Kier alpha value is -1.74. The van der Waals surface area contributed by atoms with E-state index in [1.165, 1.54) is 12.1 Å². The lowest BCUT2D eigenvalue weighted by Crippen LogP contribution is -2.22. The molecule has 0 aliphatic rings. The van der Waals surface area contributed by atoms with Crippen LogP contribution in [0.2, 0.25) is 0 Å². The largest absolute Gasteiger partial charge is 0.309 e. The molecule has 1 atom stereocenters. The van der Waals surface area contributed by atoms with Gasteiger partial charge in [0.15, 0.2) is 0 Å². The summed E-state index contributed by atoms with van der Waals surface area (Å²) in [6, 6.07) is 10.1. The fourth-order valence-corrected chi connectivity index (χ4v) is 2.54. The van der Waals surface area contributed by atoms with Crippen LogP contribution >= 0.6 is 0 Å². The monoisotopic (exact) mass is 275 g/mol. The molecule has 1 N–H and O–H groups in total. The molecule has 2 rings (SSSR count). The third kappa shape index (κ3) is 2.59. The van der Waals surface area contributed by atoms with Gasteiger partial charge >= 0.3 is 0 Å². The average molecular weight is 275 g/mol. The molecule has 0 saturated heterocycles. The summed E-state index contributed by atoms with van der Waals surface area (Å²) >= 11 is 0. The number of nitrogens with one attached hydrogen (secondary N) is 1. The predicted octanol–water partition coefficient (Wildman–Crippen LogP) is 4.14. The van der Waals surface area contributed by atoms with Crippen molar-refractivity contribution in [3.63, 3.8) is 0 Å². The zero-order valence-electron chi connectivity index (χ0n) is 12.0. The molecule has 0 fully saturated rings. The molecule has 0 bridgehead atoms. The molecule has 0 saturated carbocycles. The van der Waals surface area contributed by atoms with Gasteiger partial charge in [-0.1, -0.05) is 37.3 Å². The van der Waals surface area contributed by atoms with Gasteiger partial charge in [0.25, 0.3) is 0 Å². The maximum absolute atomic E-state index is 14.3. The molecular formula is C17H19F2N. The lowest BCUT2D eigenvalue weighted by molar-refractivity contribution is 0.516. The Kier molecular flexibility index (Phi) is 4.50. The standard InChI is InChI=1S/C17H19F2N/c1-4-12-7-5-6-8-13(12)17(20-3)15-14(18)10-9-11(2)16(15)19/h5-10,17,20H,4H2,1-3H3. The van der Waals surface area contributed by atoms with Gasteiger partial charge in [0, 0.05) is 5.56 Å². The second-order valence-corrected chi connectivity index (χ2v) is 4.87. The van der Waals surface area contributed by atoms with Crippen molar-refractivity contribution in [2.24, 2.45) is 0 Å². The van der Waals surface area contributed by atoms with Crippen molar-refractivity contribution >= 4 is 0 Å². The highest BCUT2D eigenvalue weighted by Crippen LogP contribution is 2.30. The van der Waals surface area contributed by atoms with Gasteiger partial charge in [-0.3, -0.25) is 0 Å². The summed E-state index contributed by atoms with van der Waals surface area (Å²) in [5.41, 5.74) is 2.55. The van der Waals surface area contributed by atoms with Crippen molar-refractivity contribution in [2.75, 3.05) is 7.05 Å². The van der Waals surface area contributed by atoms with E-state index in [2.05, 4.69) is 5.32 Å². The van der Waals surface area contributed by atoms with Crippen LogP contribution in [0.4, 0.5) is 8.78 Å². The van der Waals surface area contributed by atoms with E-state index in [0.717, 1.165) is 17.5 Å². The lowest BCUT2D eigenvalue weighted by Gasteiger charge is -2.22. The molecule has 1 nitrogen and oxygen atoms in total. The molecule has 2 aromatic carbocycles. The van der Waals surface area contributed by atoms with Crippen LogP contribution in [0.3, 0.4) is 0 Å². The number of hydrogen-bond acceptors (Lipinski definition) is 1. The first kappa shape index (κ1) is 14.7. The highest BCUT2D eigenvalue weighted by molar-refractivity contribution is 5.40. The van der Waals surface area contributed by atoms with E-state index in [4.69, 9.17) is 0 Å².